The van der Waals surface area contributed by atoms with Gasteiger partial charge in [-0.15, -0.1) is 0 Å². The molecule has 1 unspecified atom stereocenters. The lowest BCUT2D eigenvalue weighted by molar-refractivity contribution is -0.944. The number of phenols is 1. The summed E-state index contributed by atoms with van der Waals surface area (Å²) in [5.74, 6) is 0.267. The van der Waals surface area contributed by atoms with Crippen molar-refractivity contribution < 1.29 is 14.4 Å². The summed E-state index contributed by atoms with van der Waals surface area (Å²) in [6.45, 7) is 6.06. The number of rotatable bonds is 3. The maximum absolute atomic E-state index is 12.3. The van der Waals surface area contributed by atoms with Crippen LogP contribution in [0.1, 0.15) is 43.7 Å². The molecule has 1 aromatic heterocycles. The molecular weight excluding hydrogens is 326 g/mol. The minimum atomic E-state index is -0.351. The first-order valence-electron chi connectivity index (χ1n) is 9.61. The van der Waals surface area contributed by atoms with Crippen molar-refractivity contribution in [3.63, 3.8) is 0 Å². The normalized spacial score (nSPS) is 20.7. The molecule has 2 N–H and O–H groups in total. The second-order valence-electron chi connectivity index (χ2n) is 7.51. The van der Waals surface area contributed by atoms with Crippen molar-refractivity contribution in [2.75, 3.05) is 6.54 Å². The predicted octanol–water partition coefficient (Wildman–Crippen LogP) is 3.31. The first-order chi connectivity index (χ1) is 12.6. The number of hydrogen-bond donors (Lipinski definition) is 2. The minimum absolute atomic E-state index is 0.267. The van der Waals surface area contributed by atoms with Crippen molar-refractivity contribution >= 4 is 21.7 Å². The van der Waals surface area contributed by atoms with E-state index < -0.39 is 0 Å². The lowest BCUT2D eigenvalue weighted by atomic mass is 9.97. The molecule has 0 spiro atoms. The zero-order valence-electron chi connectivity index (χ0n) is 15.5. The van der Waals surface area contributed by atoms with E-state index >= 15 is 0 Å². The van der Waals surface area contributed by atoms with E-state index in [0.717, 1.165) is 29.4 Å². The number of likely N-dealkylation sites (tertiary alicyclic amines) is 1. The summed E-state index contributed by atoms with van der Waals surface area (Å²) >= 11 is 0. The van der Waals surface area contributed by atoms with E-state index in [-0.39, 0.29) is 11.4 Å². The van der Waals surface area contributed by atoms with Gasteiger partial charge in [-0.05, 0) is 50.1 Å². The summed E-state index contributed by atoms with van der Waals surface area (Å²) in [4.78, 5) is 13.8. The highest BCUT2D eigenvalue weighted by Crippen LogP contribution is 2.33. The van der Waals surface area contributed by atoms with E-state index in [2.05, 4.69) is 6.92 Å². The molecule has 1 fully saturated rings. The maximum Gasteiger partial charge on any atom is 0.344 e. The number of aryl methyl sites for hydroxylation is 1. The Morgan fingerprint density at radius 3 is 2.73 bits per heavy atom. The van der Waals surface area contributed by atoms with Crippen molar-refractivity contribution in [3.8, 4) is 5.75 Å². The molecule has 0 saturated carbocycles. The Hall–Kier alpha value is -2.33. The third kappa shape index (κ3) is 2.78. The molecule has 4 rings (SSSR count). The lowest BCUT2D eigenvalue weighted by Crippen LogP contribution is -3.15. The van der Waals surface area contributed by atoms with Gasteiger partial charge in [-0.1, -0.05) is 25.1 Å². The fourth-order valence-electron chi connectivity index (χ4n) is 4.49. The number of benzene rings is 2. The van der Waals surface area contributed by atoms with Gasteiger partial charge >= 0.3 is 5.63 Å². The van der Waals surface area contributed by atoms with E-state index in [1.54, 1.807) is 11.0 Å². The SMILES string of the molecule is CC[C@H]1CCCC[NH+]1Cc1cc2c(oc(=O)c3ccccc32)c(C)c1O. The molecule has 2 atom stereocenters. The number of piperidine rings is 1. The average Bonchev–Trinajstić information content (AvgIpc) is 2.67. The molecular formula is C22H26NO3+. The Morgan fingerprint density at radius 2 is 1.96 bits per heavy atom. The zero-order chi connectivity index (χ0) is 18.3. The van der Waals surface area contributed by atoms with Crippen LogP contribution in [-0.2, 0) is 6.54 Å². The Morgan fingerprint density at radius 1 is 1.19 bits per heavy atom. The van der Waals surface area contributed by atoms with Gasteiger partial charge in [0.25, 0.3) is 0 Å². The number of fused-ring (bicyclic) bond motifs is 3. The molecule has 1 aliphatic heterocycles. The van der Waals surface area contributed by atoms with Gasteiger partial charge in [0.05, 0.1) is 18.0 Å². The van der Waals surface area contributed by atoms with Crippen LogP contribution in [0.5, 0.6) is 5.75 Å². The topological polar surface area (TPSA) is 54.9 Å². The quantitative estimate of drug-likeness (QED) is 0.562. The van der Waals surface area contributed by atoms with Gasteiger partial charge in [-0.2, -0.15) is 0 Å². The monoisotopic (exact) mass is 352 g/mol. The second kappa shape index (κ2) is 6.76. The predicted molar refractivity (Wildman–Crippen MR) is 104 cm³/mol. The molecule has 4 heteroatoms. The summed E-state index contributed by atoms with van der Waals surface area (Å²) in [5, 5.41) is 13.2. The minimum Gasteiger partial charge on any atom is -0.507 e. The molecule has 1 aliphatic rings. The zero-order valence-corrected chi connectivity index (χ0v) is 15.5. The van der Waals surface area contributed by atoms with Crippen LogP contribution in [0.15, 0.2) is 39.5 Å². The van der Waals surface area contributed by atoms with Gasteiger partial charge < -0.3 is 14.4 Å². The van der Waals surface area contributed by atoms with Crippen LogP contribution < -0.4 is 10.5 Å². The van der Waals surface area contributed by atoms with Crippen LogP contribution in [0.3, 0.4) is 0 Å². The Balaban J connectivity index is 1.88. The first-order valence-corrected chi connectivity index (χ1v) is 9.61. The maximum atomic E-state index is 12.3. The molecule has 1 saturated heterocycles. The average molecular weight is 352 g/mol. The van der Waals surface area contributed by atoms with Gasteiger partial charge in [0.15, 0.2) is 0 Å². The Kier molecular flexibility index (Phi) is 4.45. The number of hydrogen-bond acceptors (Lipinski definition) is 3. The summed E-state index contributed by atoms with van der Waals surface area (Å²) in [5.41, 5.74) is 1.75. The van der Waals surface area contributed by atoms with E-state index in [0.29, 0.717) is 22.6 Å². The summed E-state index contributed by atoms with van der Waals surface area (Å²) in [6.07, 6.45) is 4.98. The highest BCUT2D eigenvalue weighted by atomic mass is 16.4. The molecule has 2 heterocycles. The van der Waals surface area contributed by atoms with Crippen LogP contribution in [0.2, 0.25) is 0 Å². The van der Waals surface area contributed by atoms with E-state index in [1.807, 2.05) is 31.2 Å². The van der Waals surface area contributed by atoms with Gasteiger partial charge in [0, 0.05) is 16.5 Å². The van der Waals surface area contributed by atoms with Crippen LogP contribution in [0.4, 0.5) is 0 Å². The Labute approximate surface area is 153 Å². The first kappa shape index (κ1) is 17.1. The lowest BCUT2D eigenvalue weighted by Gasteiger charge is -2.32. The number of nitrogens with one attached hydrogen (secondary N) is 1. The van der Waals surface area contributed by atoms with Crippen molar-refractivity contribution in [2.45, 2.75) is 52.1 Å². The van der Waals surface area contributed by atoms with Crippen LogP contribution >= 0.6 is 0 Å². The van der Waals surface area contributed by atoms with E-state index in [4.69, 9.17) is 4.42 Å². The smallest absolute Gasteiger partial charge is 0.344 e. The van der Waals surface area contributed by atoms with Crippen molar-refractivity contribution in [1.29, 1.82) is 0 Å². The van der Waals surface area contributed by atoms with E-state index in [1.165, 1.54) is 25.7 Å². The number of quaternary nitrogens is 1. The molecule has 0 amide bonds. The summed E-state index contributed by atoms with van der Waals surface area (Å²) in [7, 11) is 0. The van der Waals surface area contributed by atoms with Gasteiger partial charge in [0.1, 0.15) is 17.9 Å². The van der Waals surface area contributed by atoms with E-state index in [9.17, 15) is 9.90 Å². The van der Waals surface area contributed by atoms with Gasteiger partial charge in [0.2, 0.25) is 0 Å². The highest BCUT2D eigenvalue weighted by Gasteiger charge is 2.26. The van der Waals surface area contributed by atoms with Crippen molar-refractivity contribution in [2.24, 2.45) is 0 Å². The standard InChI is InChI=1S/C22H25NO3/c1-3-16-8-6-7-11-23(16)13-15-12-19-17-9-4-5-10-18(17)22(25)26-21(19)14(2)20(15)24/h4-5,9-10,12,16,24H,3,6-8,11,13H2,1-2H3/p+1/t16-/m0/s1. The molecule has 136 valence electrons. The van der Waals surface area contributed by atoms with Crippen molar-refractivity contribution in [1.82, 2.24) is 0 Å². The van der Waals surface area contributed by atoms with Crippen LogP contribution in [0.25, 0.3) is 21.7 Å². The fourth-order valence-corrected chi connectivity index (χ4v) is 4.49. The molecule has 0 radical (unpaired) electrons. The third-order valence-corrected chi connectivity index (χ3v) is 5.98. The highest BCUT2D eigenvalue weighted by molar-refractivity contribution is 6.05. The molecule has 26 heavy (non-hydrogen) atoms. The number of aromatic hydroxyl groups is 1. The fraction of sp³-hybridized carbons (Fsp3) is 0.409. The number of phenolic OH excluding ortho intramolecular Hbond substituents is 1. The van der Waals surface area contributed by atoms with Gasteiger partial charge in [-0.3, -0.25) is 0 Å². The summed E-state index contributed by atoms with van der Waals surface area (Å²) < 4.78 is 5.55. The Bertz CT molecular complexity index is 1020. The molecule has 0 aliphatic carbocycles. The van der Waals surface area contributed by atoms with Crippen LogP contribution in [-0.4, -0.2) is 17.7 Å². The third-order valence-electron chi connectivity index (χ3n) is 5.98. The molecule has 3 aromatic rings. The van der Waals surface area contributed by atoms with Crippen molar-refractivity contribution in [3.05, 3.63) is 51.9 Å². The summed E-state index contributed by atoms with van der Waals surface area (Å²) in [6, 6.07) is 10.2. The second-order valence-corrected chi connectivity index (χ2v) is 7.51. The molecule has 2 aromatic carbocycles. The molecule has 4 nitrogen and oxygen atoms in total. The van der Waals surface area contributed by atoms with Gasteiger partial charge in [-0.25, -0.2) is 4.79 Å². The largest absolute Gasteiger partial charge is 0.507 e. The molecule has 0 bridgehead atoms. The van der Waals surface area contributed by atoms with Crippen LogP contribution in [0, 0.1) is 6.92 Å².